The Hall–Kier alpha value is -1.54. The van der Waals surface area contributed by atoms with Crippen LogP contribution < -0.4 is 16.2 Å². The molecule has 1 heterocycles. The molecule has 1 aromatic rings. The monoisotopic (exact) mass is 311 g/mol. The first-order valence-corrected chi connectivity index (χ1v) is 7.27. The zero-order valence-electron chi connectivity index (χ0n) is 12.8. The Kier molecular flexibility index (Phi) is 6.26. The van der Waals surface area contributed by atoms with Crippen molar-refractivity contribution in [1.82, 2.24) is 16.2 Å². The SMILES string of the molecule is COCCOCc1cc(C(=O)NC2CC(C)NN2)ccc1F. The van der Waals surface area contributed by atoms with Crippen molar-refractivity contribution in [2.24, 2.45) is 0 Å². The minimum atomic E-state index is -0.386. The molecule has 0 radical (unpaired) electrons. The van der Waals surface area contributed by atoms with Crippen molar-refractivity contribution in [3.8, 4) is 0 Å². The second-order valence-electron chi connectivity index (χ2n) is 5.30. The molecule has 1 saturated heterocycles. The molecule has 1 amide bonds. The van der Waals surface area contributed by atoms with Gasteiger partial charge in [-0.15, -0.1) is 0 Å². The molecular formula is C15H22FN3O3. The first kappa shape index (κ1) is 16.8. The molecule has 1 aliphatic heterocycles. The molecule has 1 fully saturated rings. The van der Waals surface area contributed by atoms with Gasteiger partial charge in [0, 0.05) is 24.3 Å². The average Bonchev–Trinajstić information content (AvgIpc) is 2.90. The van der Waals surface area contributed by atoms with E-state index in [9.17, 15) is 9.18 Å². The molecule has 1 aromatic carbocycles. The second-order valence-corrected chi connectivity index (χ2v) is 5.30. The van der Waals surface area contributed by atoms with Crippen LogP contribution in [-0.4, -0.2) is 38.4 Å². The lowest BCUT2D eigenvalue weighted by molar-refractivity contribution is 0.0603. The van der Waals surface area contributed by atoms with Crippen LogP contribution in [0.1, 0.15) is 29.3 Å². The number of carbonyl (C=O) groups excluding carboxylic acids is 1. The highest BCUT2D eigenvalue weighted by Gasteiger charge is 2.22. The summed E-state index contributed by atoms with van der Waals surface area (Å²) in [4.78, 5) is 12.2. The number of benzene rings is 1. The number of hydrogen-bond donors (Lipinski definition) is 3. The summed E-state index contributed by atoms with van der Waals surface area (Å²) in [6, 6.07) is 4.56. The number of carbonyl (C=O) groups is 1. The molecule has 7 heteroatoms. The van der Waals surface area contributed by atoms with Gasteiger partial charge >= 0.3 is 0 Å². The quantitative estimate of drug-likeness (QED) is 0.654. The molecule has 0 bridgehead atoms. The van der Waals surface area contributed by atoms with Crippen LogP contribution in [0.2, 0.25) is 0 Å². The molecule has 22 heavy (non-hydrogen) atoms. The number of hydrazine groups is 1. The fourth-order valence-electron chi connectivity index (χ4n) is 2.20. The van der Waals surface area contributed by atoms with Crippen molar-refractivity contribution in [2.75, 3.05) is 20.3 Å². The van der Waals surface area contributed by atoms with Gasteiger partial charge in [0.1, 0.15) is 5.82 Å². The van der Waals surface area contributed by atoms with Gasteiger partial charge in [0.05, 0.1) is 26.0 Å². The third kappa shape index (κ3) is 4.74. The summed E-state index contributed by atoms with van der Waals surface area (Å²) in [7, 11) is 1.57. The third-order valence-corrected chi connectivity index (χ3v) is 3.40. The number of hydrogen-bond acceptors (Lipinski definition) is 5. The number of amides is 1. The maximum atomic E-state index is 13.7. The van der Waals surface area contributed by atoms with E-state index in [1.54, 1.807) is 7.11 Å². The highest BCUT2D eigenvalue weighted by molar-refractivity contribution is 5.94. The van der Waals surface area contributed by atoms with E-state index in [0.717, 1.165) is 6.42 Å². The highest BCUT2D eigenvalue weighted by atomic mass is 19.1. The summed E-state index contributed by atoms with van der Waals surface area (Å²) in [5.41, 5.74) is 6.78. The Morgan fingerprint density at radius 1 is 1.41 bits per heavy atom. The van der Waals surface area contributed by atoms with E-state index in [1.807, 2.05) is 6.92 Å². The van der Waals surface area contributed by atoms with Gasteiger partial charge < -0.3 is 14.8 Å². The van der Waals surface area contributed by atoms with Gasteiger partial charge in [-0.1, -0.05) is 0 Å². The molecule has 0 aliphatic carbocycles. The smallest absolute Gasteiger partial charge is 0.252 e. The lowest BCUT2D eigenvalue weighted by Gasteiger charge is -2.13. The van der Waals surface area contributed by atoms with Gasteiger partial charge in [-0.05, 0) is 31.5 Å². The largest absolute Gasteiger partial charge is 0.382 e. The predicted octanol–water partition coefficient (Wildman–Crippen LogP) is 0.931. The van der Waals surface area contributed by atoms with E-state index < -0.39 is 0 Å². The molecule has 0 aromatic heterocycles. The lowest BCUT2D eigenvalue weighted by atomic mass is 10.1. The molecule has 6 nitrogen and oxygen atoms in total. The molecule has 2 rings (SSSR count). The molecule has 122 valence electrons. The Labute approximate surface area is 129 Å². The summed E-state index contributed by atoms with van der Waals surface area (Å²) in [5, 5.41) is 2.85. The van der Waals surface area contributed by atoms with Crippen LogP contribution in [0.5, 0.6) is 0 Å². The Balaban J connectivity index is 1.94. The van der Waals surface area contributed by atoms with Crippen LogP contribution in [0.15, 0.2) is 18.2 Å². The minimum absolute atomic E-state index is 0.108. The molecule has 2 atom stereocenters. The van der Waals surface area contributed by atoms with Crippen molar-refractivity contribution in [3.63, 3.8) is 0 Å². The van der Waals surface area contributed by atoms with Gasteiger partial charge in [-0.3, -0.25) is 10.2 Å². The number of ether oxygens (including phenoxy) is 2. The van der Waals surface area contributed by atoms with Gasteiger partial charge in [-0.2, -0.15) is 0 Å². The standard InChI is InChI=1S/C15H22FN3O3/c1-10-7-14(19-18-10)17-15(20)11-3-4-13(16)12(8-11)9-22-6-5-21-2/h3-4,8,10,14,18-19H,5-7,9H2,1-2H3,(H,17,20). The van der Waals surface area contributed by atoms with Crippen LogP contribution in [0.4, 0.5) is 4.39 Å². The second kappa shape index (κ2) is 8.19. The number of nitrogens with one attached hydrogen (secondary N) is 3. The summed E-state index contributed by atoms with van der Waals surface area (Å²) in [5.74, 6) is -0.630. The number of methoxy groups -OCH3 is 1. The maximum absolute atomic E-state index is 13.7. The zero-order chi connectivity index (χ0) is 15.9. The number of halogens is 1. The van der Waals surface area contributed by atoms with Crippen molar-refractivity contribution < 1.29 is 18.7 Å². The average molecular weight is 311 g/mol. The van der Waals surface area contributed by atoms with Crippen molar-refractivity contribution in [3.05, 3.63) is 35.1 Å². The maximum Gasteiger partial charge on any atom is 0.252 e. The van der Waals surface area contributed by atoms with Crippen LogP contribution >= 0.6 is 0 Å². The fourth-order valence-corrected chi connectivity index (χ4v) is 2.20. The van der Waals surface area contributed by atoms with Gasteiger partial charge in [-0.25, -0.2) is 9.82 Å². The van der Waals surface area contributed by atoms with Crippen molar-refractivity contribution in [2.45, 2.75) is 32.2 Å². The van der Waals surface area contributed by atoms with E-state index in [1.165, 1.54) is 18.2 Å². The normalized spacial score (nSPS) is 21.0. The van der Waals surface area contributed by atoms with Gasteiger partial charge in [0.15, 0.2) is 0 Å². The first-order valence-electron chi connectivity index (χ1n) is 7.27. The van der Waals surface area contributed by atoms with E-state index >= 15 is 0 Å². The molecule has 1 aliphatic rings. The van der Waals surface area contributed by atoms with Crippen molar-refractivity contribution >= 4 is 5.91 Å². The van der Waals surface area contributed by atoms with Crippen LogP contribution in [0, 0.1) is 5.82 Å². The summed E-state index contributed by atoms with van der Waals surface area (Å²) < 4.78 is 23.9. The van der Waals surface area contributed by atoms with E-state index in [4.69, 9.17) is 9.47 Å². The molecule has 3 N–H and O–H groups in total. The lowest BCUT2D eigenvalue weighted by Crippen LogP contribution is -2.44. The fraction of sp³-hybridized carbons (Fsp3) is 0.533. The van der Waals surface area contributed by atoms with E-state index in [0.29, 0.717) is 30.4 Å². The Morgan fingerprint density at radius 3 is 2.91 bits per heavy atom. The number of rotatable bonds is 7. The summed E-state index contributed by atoms with van der Waals surface area (Å²) in [6.45, 7) is 2.95. The van der Waals surface area contributed by atoms with Crippen LogP contribution in [0.3, 0.4) is 0 Å². The predicted molar refractivity (Wildman–Crippen MR) is 79.5 cm³/mol. The topological polar surface area (TPSA) is 71.6 Å². The minimum Gasteiger partial charge on any atom is -0.382 e. The first-order chi connectivity index (χ1) is 10.6. The van der Waals surface area contributed by atoms with Gasteiger partial charge in [0.25, 0.3) is 5.91 Å². The third-order valence-electron chi connectivity index (χ3n) is 3.40. The summed E-state index contributed by atoms with van der Waals surface area (Å²) in [6.07, 6.45) is 0.661. The van der Waals surface area contributed by atoms with E-state index in [-0.39, 0.29) is 24.5 Å². The zero-order valence-corrected chi connectivity index (χ0v) is 12.8. The highest BCUT2D eigenvalue weighted by Crippen LogP contribution is 2.13. The van der Waals surface area contributed by atoms with Gasteiger partial charge in [0.2, 0.25) is 0 Å². The molecule has 0 saturated carbocycles. The Bertz CT molecular complexity index is 513. The summed E-state index contributed by atoms with van der Waals surface area (Å²) >= 11 is 0. The molecule has 0 spiro atoms. The van der Waals surface area contributed by atoms with E-state index in [2.05, 4.69) is 16.2 Å². The van der Waals surface area contributed by atoms with Crippen LogP contribution in [0.25, 0.3) is 0 Å². The molecule has 2 unspecified atom stereocenters. The molecular weight excluding hydrogens is 289 g/mol. The van der Waals surface area contributed by atoms with Crippen LogP contribution in [-0.2, 0) is 16.1 Å². The van der Waals surface area contributed by atoms with Crippen molar-refractivity contribution in [1.29, 1.82) is 0 Å². The Morgan fingerprint density at radius 2 is 2.23 bits per heavy atom.